The molecule has 140 valence electrons. The summed E-state index contributed by atoms with van der Waals surface area (Å²) in [5.41, 5.74) is 1.20. The van der Waals surface area contributed by atoms with Crippen molar-refractivity contribution >= 4 is 5.91 Å². The van der Waals surface area contributed by atoms with E-state index in [-0.39, 0.29) is 17.4 Å². The second kappa shape index (κ2) is 8.33. The number of nitrogens with zero attached hydrogens (tertiary/aromatic N) is 4. The van der Waals surface area contributed by atoms with Gasteiger partial charge in [0.25, 0.3) is 5.91 Å². The van der Waals surface area contributed by atoms with Gasteiger partial charge in [-0.3, -0.25) is 14.7 Å². The van der Waals surface area contributed by atoms with Gasteiger partial charge in [-0.05, 0) is 24.6 Å². The van der Waals surface area contributed by atoms with Gasteiger partial charge in [0.05, 0.1) is 19.3 Å². The molecule has 1 saturated heterocycles. The zero-order chi connectivity index (χ0) is 18.5. The van der Waals surface area contributed by atoms with E-state index in [1.165, 1.54) is 13.0 Å². The molecule has 1 fully saturated rings. The minimum Gasteiger partial charge on any atom is -0.379 e. The summed E-state index contributed by atoms with van der Waals surface area (Å²) in [5, 5.41) is 6.49. The number of halogens is 2. The van der Waals surface area contributed by atoms with Crippen LogP contribution in [0.15, 0.2) is 30.6 Å². The Hall–Kier alpha value is -2.39. The van der Waals surface area contributed by atoms with Crippen molar-refractivity contribution in [3.05, 3.63) is 47.5 Å². The molecule has 0 radical (unpaired) electrons. The number of pyridine rings is 1. The second-order valence-corrected chi connectivity index (χ2v) is 6.05. The first-order chi connectivity index (χ1) is 12.6. The van der Waals surface area contributed by atoms with E-state index in [1.54, 1.807) is 12.4 Å². The Kier molecular flexibility index (Phi) is 5.89. The maximum Gasteiger partial charge on any atom is 0.333 e. The van der Waals surface area contributed by atoms with Crippen LogP contribution in [0, 0.1) is 6.92 Å². The van der Waals surface area contributed by atoms with Crippen LogP contribution in [0.5, 0.6) is 0 Å². The fourth-order valence-corrected chi connectivity index (χ4v) is 3.00. The zero-order valence-corrected chi connectivity index (χ0v) is 14.4. The van der Waals surface area contributed by atoms with Crippen molar-refractivity contribution in [1.29, 1.82) is 0 Å². The van der Waals surface area contributed by atoms with E-state index in [4.69, 9.17) is 4.74 Å². The van der Waals surface area contributed by atoms with Crippen LogP contribution in [-0.2, 0) is 4.74 Å². The zero-order valence-electron chi connectivity index (χ0n) is 14.4. The molecule has 0 aromatic carbocycles. The fraction of sp³-hybridized carbons (Fsp3) is 0.471. The molecule has 3 heterocycles. The van der Waals surface area contributed by atoms with E-state index in [9.17, 15) is 13.6 Å². The van der Waals surface area contributed by atoms with Crippen LogP contribution >= 0.6 is 0 Å². The van der Waals surface area contributed by atoms with Crippen molar-refractivity contribution in [1.82, 2.24) is 25.0 Å². The molecule has 0 saturated carbocycles. The third-order valence-electron chi connectivity index (χ3n) is 4.35. The fourth-order valence-electron chi connectivity index (χ4n) is 3.00. The summed E-state index contributed by atoms with van der Waals surface area (Å²) >= 11 is 0. The summed E-state index contributed by atoms with van der Waals surface area (Å²) in [5.74, 6) is -0.477. The van der Waals surface area contributed by atoms with Crippen molar-refractivity contribution in [2.24, 2.45) is 0 Å². The number of nitrogens with one attached hydrogen (secondary N) is 1. The van der Waals surface area contributed by atoms with Gasteiger partial charge in [0.15, 0.2) is 5.69 Å². The molecule has 9 heteroatoms. The van der Waals surface area contributed by atoms with E-state index in [0.29, 0.717) is 24.4 Å². The molecule has 7 nitrogen and oxygen atoms in total. The van der Waals surface area contributed by atoms with Gasteiger partial charge in [-0.1, -0.05) is 6.07 Å². The number of morpholine rings is 1. The number of alkyl halides is 2. The second-order valence-electron chi connectivity index (χ2n) is 6.05. The normalized spacial score (nSPS) is 16.6. The minimum absolute atomic E-state index is 0.0188. The molecular weight excluding hydrogens is 344 g/mol. The van der Waals surface area contributed by atoms with Crippen LogP contribution in [0.3, 0.4) is 0 Å². The highest BCUT2D eigenvalue weighted by molar-refractivity contribution is 5.92. The first-order valence-corrected chi connectivity index (χ1v) is 8.40. The van der Waals surface area contributed by atoms with E-state index >= 15 is 0 Å². The van der Waals surface area contributed by atoms with E-state index in [0.717, 1.165) is 18.7 Å². The van der Waals surface area contributed by atoms with Gasteiger partial charge < -0.3 is 10.1 Å². The molecule has 26 heavy (non-hydrogen) atoms. The van der Waals surface area contributed by atoms with Crippen LogP contribution < -0.4 is 5.32 Å². The number of hydrogen-bond donors (Lipinski definition) is 1. The predicted octanol–water partition coefficient (Wildman–Crippen LogP) is 1.78. The van der Waals surface area contributed by atoms with E-state index in [1.807, 2.05) is 12.1 Å². The first kappa shape index (κ1) is 18.4. The number of rotatable bonds is 6. The lowest BCUT2D eigenvalue weighted by atomic mass is 10.1. The molecule has 1 N–H and O–H groups in total. The number of ether oxygens (including phenoxy) is 1. The number of amides is 1. The van der Waals surface area contributed by atoms with Crippen molar-refractivity contribution < 1.29 is 18.3 Å². The molecule has 1 atom stereocenters. The lowest BCUT2D eigenvalue weighted by Crippen LogP contribution is -2.43. The minimum atomic E-state index is -2.77. The molecule has 2 aromatic heterocycles. The highest BCUT2D eigenvalue weighted by Gasteiger charge is 2.24. The first-order valence-electron chi connectivity index (χ1n) is 8.40. The summed E-state index contributed by atoms with van der Waals surface area (Å²) in [4.78, 5) is 18.7. The average Bonchev–Trinajstić information content (AvgIpc) is 3.06. The highest BCUT2D eigenvalue weighted by atomic mass is 19.3. The smallest absolute Gasteiger partial charge is 0.333 e. The molecule has 1 amide bonds. The van der Waals surface area contributed by atoms with Crippen molar-refractivity contribution in [3.63, 3.8) is 0 Å². The Labute approximate surface area is 150 Å². The molecular formula is C17H21F2N5O2. The maximum atomic E-state index is 12.8. The summed E-state index contributed by atoms with van der Waals surface area (Å²) in [6.07, 6.45) is 3.46. The van der Waals surface area contributed by atoms with Crippen LogP contribution in [0.25, 0.3) is 0 Å². The Balaban J connectivity index is 1.71. The molecule has 0 bridgehead atoms. The van der Waals surface area contributed by atoms with Gasteiger partial charge >= 0.3 is 6.55 Å². The SMILES string of the molecule is Cc1cc(C(=O)NCC(c2cccnc2)N2CCOCC2)nn1C(F)F. The van der Waals surface area contributed by atoms with Gasteiger partial charge in [-0.25, -0.2) is 4.68 Å². The summed E-state index contributed by atoms with van der Waals surface area (Å²) in [6, 6.07) is 5.08. The van der Waals surface area contributed by atoms with Crippen LogP contribution in [0.4, 0.5) is 8.78 Å². The summed E-state index contributed by atoms with van der Waals surface area (Å²) < 4.78 is 31.6. The van der Waals surface area contributed by atoms with Gasteiger partial charge in [-0.15, -0.1) is 0 Å². The lowest BCUT2D eigenvalue weighted by Gasteiger charge is -2.34. The Morgan fingerprint density at radius 1 is 1.38 bits per heavy atom. The Bertz CT molecular complexity index is 732. The molecule has 1 aliphatic rings. The number of hydrogen-bond acceptors (Lipinski definition) is 5. The molecule has 3 rings (SSSR count). The standard InChI is InChI=1S/C17H21F2N5O2/c1-12-9-14(22-24(12)17(18)19)16(25)21-11-15(13-3-2-4-20-10-13)23-5-7-26-8-6-23/h2-4,9-10,15,17H,5-8,11H2,1H3,(H,21,25). The predicted molar refractivity (Wildman–Crippen MR) is 89.9 cm³/mol. The van der Waals surface area contributed by atoms with E-state index < -0.39 is 12.5 Å². The molecule has 1 aliphatic heterocycles. The van der Waals surface area contributed by atoms with Gasteiger partial charge in [0.1, 0.15) is 0 Å². The van der Waals surface area contributed by atoms with Crippen LogP contribution in [0.1, 0.15) is 34.3 Å². The van der Waals surface area contributed by atoms with Gasteiger partial charge in [-0.2, -0.15) is 13.9 Å². The number of carbonyl (C=O) groups excluding carboxylic acids is 1. The molecule has 2 aromatic rings. The Morgan fingerprint density at radius 2 is 2.15 bits per heavy atom. The molecule has 0 spiro atoms. The largest absolute Gasteiger partial charge is 0.379 e. The summed E-state index contributed by atoms with van der Waals surface area (Å²) in [6.45, 7) is 1.79. The van der Waals surface area contributed by atoms with Crippen LogP contribution in [0.2, 0.25) is 0 Å². The van der Waals surface area contributed by atoms with Crippen molar-refractivity contribution in [2.75, 3.05) is 32.8 Å². The molecule has 0 aliphatic carbocycles. The highest BCUT2D eigenvalue weighted by Crippen LogP contribution is 2.21. The van der Waals surface area contributed by atoms with Crippen molar-refractivity contribution in [2.45, 2.75) is 19.5 Å². The van der Waals surface area contributed by atoms with E-state index in [2.05, 4.69) is 20.3 Å². The third-order valence-corrected chi connectivity index (χ3v) is 4.35. The topological polar surface area (TPSA) is 72.3 Å². The average molecular weight is 365 g/mol. The summed E-state index contributed by atoms with van der Waals surface area (Å²) in [7, 11) is 0. The van der Waals surface area contributed by atoms with Gasteiger partial charge in [0.2, 0.25) is 0 Å². The quantitative estimate of drug-likeness (QED) is 0.845. The number of aromatic nitrogens is 3. The Morgan fingerprint density at radius 3 is 2.77 bits per heavy atom. The lowest BCUT2D eigenvalue weighted by molar-refractivity contribution is 0.0161. The van der Waals surface area contributed by atoms with Gasteiger partial charge in [0, 0.05) is 37.7 Å². The van der Waals surface area contributed by atoms with Crippen LogP contribution in [-0.4, -0.2) is 58.4 Å². The number of aryl methyl sites for hydroxylation is 1. The molecule has 1 unspecified atom stereocenters. The third kappa shape index (κ3) is 4.23. The monoisotopic (exact) mass is 365 g/mol. The number of carbonyl (C=O) groups is 1. The maximum absolute atomic E-state index is 12.8. The van der Waals surface area contributed by atoms with Crippen molar-refractivity contribution in [3.8, 4) is 0 Å².